The summed E-state index contributed by atoms with van der Waals surface area (Å²) >= 11 is 0. The zero-order valence-electron chi connectivity index (χ0n) is 12.2. The summed E-state index contributed by atoms with van der Waals surface area (Å²) in [5.41, 5.74) is 9.82. The molecule has 1 aliphatic heterocycles. The van der Waals surface area contributed by atoms with E-state index >= 15 is 0 Å². The Kier molecular flexibility index (Phi) is 3.55. The third kappa shape index (κ3) is 2.35. The number of hydrogen-bond donors (Lipinski definition) is 2. The van der Waals surface area contributed by atoms with Crippen LogP contribution >= 0.6 is 0 Å². The van der Waals surface area contributed by atoms with E-state index in [-0.39, 0.29) is 17.4 Å². The monoisotopic (exact) mass is 272 g/mol. The summed E-state index contributed by atoms with van der Waals surface area (Å²) in [7, 11) is 0. The Bertz CT molecular complexity index is 518. The second kappa shape index (κ2) is 5.21. The van der Waals surface area contributed by atoms with E-state index in [4.69, 9.17) is 5.73 Å². The van der Waals surface area contributed by atoms with Crippen LogP contribution < -0.4 is 11.1 Å². The normalized spacial score (nSPS) is 22.8. The summed E-state index contributed by atoms with van der Waals surface area (Å²) in [5.74, 6) is 0.0501. The van der Waals surface area contributed by atoms with Gasteiger partial charge in [0.05, 0.1) is 0 Å². The van der Waals surface area contributed by atoms with Crippen molar-refractivity contribution in [2.75, 3.05) is 6.54 Å². The van der Waals surface area contributed by atoms with Gasteiger partial charge in [0, 0.05) is 18.2 Å². The van der Waals surface area contributed by atoms with Crippen LogP contribution in [0.25, 0.3) is 0 Å². The Morgan fingerprint density at radius 2 is 2.00 bits per heavy atom. The average molecular weight is 272 g/mol. The minimum Gasteiger partial charge on any atom is -0.352 e. The minimum atomic E-state index is 0.0304. The molecule has 1 aromatic rings. The molecule has 3 N–H and O–H groups in total. The minimum absolute atomic E-state index is 0.0304. The van der Waals surface area contributed by atoms with Crippen molar-refractivity contribution in [3.8, 4) is 0 Å². The summed E-state index contributed by atoms with van der Waals surface area (Å²) in [6, 6.07) is 6.27. The van der Waals surface area contributed by atoms with E-state index in [1.807, 2.05) is 6.07 Å². The van der Waals surface area contributed by atoms with Gasteiger partial charge in [-0.1, -0.05) is 38.3 Å². The lowest BCUT2D eigenvalue weighted by molar-refractivity contribution is 0.0945. The molecule has 1 heterocycles. The van der Waals surface area contributed by atoms with Crippen molar-refractivity contribution in [2.45, 2.75) is 51.5 Å². The molecule has 3 heteroatoms. The average Bonchev–Trinajstić information content (AvgIpc) is 2.47. The molecule has 1 aliphatic carbocycles. The molecule has 1 fully saturated rings. The Balaban J connectivity index is 1.90. The number of rotatable bonds is 2. The first kappa shape index (κ1) is 13.6. The molecular weight excluding hydrogens is 248 g/mol. The second-order valence-electron chi connectivity index (χ2n) is 6.61. The molecule has 0 aromatic heterocycles. The number of carbonyl (C=O) groups excluding carboxylic acids is 1. The summed E-state index contributed by atoms with van der Waals surface area (Å²) in [4.78, 5) is 12.0. The highest BCUT2D eigenvalue weighted by molar-refractivity contribution is 5.96. The van der Waals surface area contributed by atoms with E-state index in [0.29, 0.717) is 0 Å². The molecule has 1 unspecified atom stereocenters. The lowest BCUT2D eigenvalue weighted by Gasteiger charge is -2.39. The van der Waals surface area contributed by atoms with Gasteiger partial charge in [-0.15, -0.1) is 0 Å². The number of benzene rings is 1. The first-order valence-corrected chi connectivity index (χ1v) is 7.77. The first-order chi connectivity index (χ1) is 9.60. The zero-order valence-corrected chi connectivity index (χ0v) is 12.2. The summed E-state index contributed by atoms with van der Waals surface area (Å²) in [6.07, 6.45) is 7.18. The molecule has 3 nitrogen and oxygen atoms in total. The third-order valence-electron chi connectivity index (χ3n) is 5.16. The highest BCUT2D eigenvalue weighted by Crippen LogP contribution is 2.44. The largest absolute Gasteiger partial charge is 0.352 e. The lowest BCUT2D eigenvalue weighted by atomic mass is 9.69. The van der Waals surface area contributed by atoms with Crippen molar-refractivity contribution < 1.29 is 4.79 Å². The van der Waals surface area contributed by atoms with Crippen molar-refractivity contribution >= 4 is 5.91 Å². The molecule has 108 valence electrons. The van der Waals surface area contributed by atoms with Crippen molar-refractivity contribution in [3.63, 3.8) is 0 Å². The van der Waals surface area contributed by atoms with Crippen LogP contribution in [0.15, 0.2) is 18.2 Å². The molecule has 0 radical (unpaired) electrons. The summed E-state index contributed by atoms with van der Waals surface area (Å²) in [6.45, 7) is 3.05. The number of hydrogen-bond acceptors (Lipinski definition) is 2. The van der Waals surface area contributed by atoms with Gasteiger partial charge in [0.2, 0.25) is 0 Å². The smallest absolute Gasteiger partial charge is 0.251 e. The molecule has 3 rings (SSSR count). The maximum Gasteiger partial charge on any atom is 0.251 e. The topological polar surface area (TPSA) is 55.1 Å². The molecule has 0 bridgehead atoms. The predicted octanol–water partition coefficient (Wildman–Crippen LogP) is 2.94. The van der Waals surface area contributed by atoms with Gasteiger partial charge in [-0.3, -0.25) is 4.79 Å². The molecule has 20 heavy (non-hydrogen) atoms. The first-order valence-electron chi connectivity index (χ1n) is 7.77. The highest BCUT2D eigenvalue weighted by atomic mass is 16.1. The van der Waals surface area contributed by atoms with Crippen LogP contribution in [-0.4, -0.2) is 12.5 Å². The van der Waals surface area contributed by atoms with Gasteiger partial charge in [0.25, 0.3) is 5.91 Å². The fourth-order valence-electron chi connectivity index (χ4n) is 3.70. The Morgan fingerprint density at radius 1 is 1.25 bits per heavy atom. The number of nitrogens with one attached hydrogen (secondary N) is 1. The molecule has 2 aliphatic rings. The third-order valence-corrected chi connectivity index (χ3v) is 5.16. The zero-order chi connectivity index (χ0) is 14.2. The van der Waals surface area contributed by atoms with Crippen molar-refractivity contribution in [3.05, 3.63) is 34.9 Å². The summed E-state index contributed by atoms with van der Waals surface area (Å²) in [5, 5.41) is 2.91. The number of carbonyl (C=O) groups is 1. The van der Waals surface area contributed by atoms with Gasteiger partial charge in [0.15, 0.2) is 0 Å². The van der Waals surface area contributed by atoms with Crippen molar-refractivity contribution in [2.24, 2.45) is 11.1 Å². The predicted molar refractivity (Wildman–Crippen MR) is 80.6 cm³/mol. The van der Waals surface area contributed by atoms with Gasteiger partial charge in [-0.25, -0.2) is 0 Å². The Morgan fingerprint density at radius 3 is 2.75 bits per heavy atom. The summed E-state index contributed by atoms with van der Waals surface area (Å²) < 4.78 is 0. The van der Waals surface area contributed by atoms with E-state index in [9.17, 15) is 4.79 Å². The van der Waals surface area contributed by atoms with Gasteiger partial charge < -0.3 is 11.1 Å². The van der Waals surface area contributed by atoms with Gasteiger partial charge in [-0.05, 0) is 41.9 Å². The highest BCUT2D eigenvalue weighted by Gasteiger charge is 2.34. The van der Waals surface area contributed by atoms with E-state index in [0.717, 1.165) is 29.7 Å². The van der Waals surface area contributed by atoms with Crippen LogP contribution in [0.5, 0.6) is 0 Å². The van der Waals surface area contributed by atoms with Gasteiger partial charge in [-0.2, -0.15) is 0 Å². The molecule has 1 amide bonds. The van der Waals surface area contributed by atoms with E-state index in [1.165, 1.54) is 32.1 Å². The fraction of sp³-hybridized carbons (Fsp3) is 0.588. The van der Waals surface area contributed by atoms with Crippen molar-refractivity contribution in [1.82, 2.24) is 5.32 Å². The van der Waals surface area contributed by atoms with Crippen LogP contribution in [0.1, 0.15) is 66.6 Å². The van der Waals surface area contributed by atoms with Crippen LogP contribution in [0.3, 0.4) is 0 Å². The van der Waals surface area contributed by atoms with Crippen LogP contribution in [0.4, 0.5) is 0 Å². The van der Waals surface area contributed by atoms with E-state index in [2.05, 4.69) is 24.4 Å². The van der Waals surface area contributed by atoms with Crippen LogP contribution in [-0.2, 0) is 6.42 Å². The SMILES string of the molecule is CC1(C(N)c2ccc3c(c2)C(=O)NCC3)CCCCC1. The maximum atomic E-state index is 12.0. The van der Waals surface area contributed by atoms with Gasteiger partial charge >= 0.3 is 0 Å². The molecular formula is C17H24N2O. The van der Waals surface area contributed by atoms with E-state index < -0.39 is 0 Å². The Hall–Kier alpha value is -1.35. The number of nitrogens with two attached hydrogens (primary N) is 1. The quantitative estimate of drug-likeness (QED) is 0.869. The van der Waals surface area contributed by atoms with Crippen LogP contribution in [0, 0.1) is 5.41 Å². The second-order valence-corrected chi connectivity index (χ2v) is 6.61. The molecule has 1 atom stereocenters. The molecule has 1 saturated carbocycles. The fourth-order valence-corrected chi connectivity index (χ4v) is 3.70. The standard InChI is InChI=1S/C17H24N2O/c1-17(8-3-2-4-9-17)15(18)13-6-5-12-7-10-19-16(20)14(12)11-13/h5-6,11,15H,2-4,7-10,18H2,1H3,(H,19,20). The van der Waals surface area contributed by atoms with Crippen molar-refractivity contribution in [1.29, 1.82) is 0 Å². The molecule has 0 saturated heterocycles. The number of amides is 1. The number of fused-ring (bicyclic) bond motifs is 1. The lowest BCUT2D eigenvalue weighted by Crippen LogP contribution is -2.35. The Labute approximate surface area is 120 Å². The van der Waals surface area contributed by atoms with Crippen LogP contribution in [0.2, 0.25) is 0 Å². The molecule has 1 aromatic carbocycles. The molecule has 0 spiro atoms. The van der Waals surface area contributed by atoms with E-state index in [1.54, 1.807) is 0 Å². The maximum absolute atomic E-state index is 12.0. The van der Waals surface area contributed by atoms with Gasteiger partial charge in [0.1, 0.15) is 0 Å².